The Morgan fingerprint density at radius 3 is 2.44 bits per heavy atom. The number of ether oxygens (including phenoxy) is 1. The third-order valence-corrected chi connectivity index (χ3v) is 6.61. The Kier molecular flexibility index (Phi) is 11.6. The molecule has 0 aromatic heterocycles. The van der Waals surface area contributed by atoms with Crippen LogP contribution in [0.4, 0.5) is 22.0 Å². The number of nitrogens with one attached hydrogen (secondary N) is 2. The van der Waals surface area contributed by atoms with Gasteiger partial charge >= 0.3 is 12.1 Å². The van der Waals surface area contributed by atoms with E-state index in [2.05, 4.69) is 17.2 Å². The summed E-state index contributed by atoms with van der Waals surface area (Å²) in [5.41, 5.74) is -1.82. The molecule has 1 fully saturated rings. The number of hydrogen-bond acceptors (Lipinski definition) is 6. The van der Waals surface area contributed by atoms with E-state index in [-0.39, 0.29) is 43.1 Å². The van der Waals surface area contributed by atoms with Crippen molar-refractivity contribution in [3.05, 3.63) is 48.0 Å². The van der Waals surface area contributed by atoms with Crippen LogP contribution < -0.4 is 10.6 Å². The molecule has 2 unspecified atom stereocenters. The maximum Gasteiger partial charge on any atom is 0.418 e. The van der Waals surface area contributed by atoms with Crippen molar-refractivity contribution >= 4 is 11.9 Å². The Balaban J connectivity index is 2.30. The molecular formula is C29H43F5N4O3. The molecule has 12 heteroatoms. The standard InChI is InChI=1S/C29H43F5N4O3/c1-8-11-23(21(9-2)29(32,33)34)38-17-22(36-25(38)19(3)4)26(40)35-20(16-24(39)41-27(5,6)7)12-15-37-14-10-13-28(30,31)18-37/h8-9,11,17,19-20,25,36H,1,10,12-16,18H2,2-7H3,(H,35,40)/b21-9+,23-11+. The number of allylic oxidation sites excluding steroid dienone is 4. The molecule has 1 saturated heterocycles. The number of esters is 1. The number of piperidine rings is 1. The molecule has 0 bridgehead atoms. The van der Waals surface area contributed by atoms with Gasteiger partial charge in [0.25, 0.3) is 11.8 Å². The maximum atomic E-state index is 13.9. The van der Waals surface area contributed by atoms with Gasteiger partial charge in [0.05, 0.1) is 24.2 Å². The molecule has 2 aliphatic rings. The second kappa shape index (κ2) is 13.8. The van der Waals surface area contributed by atoms with Crippen molar-refractivity contribution in [3.63, 3.8) is 0 Å². The predicted molar refractivity (Wildman–Crippen MR) is 147 cm³/mol. The Hall–Kier alpha value is -2.89. The molecule has 2 aliphatic heterocycles. The highest BCUT2D eigenvalue weighted by atomic mass is 19.4. The number of carbonyl (C=O) groups excluding carboxylic acids is 2. The molecule has 0 aliphatic carbocycles. The number of hydrogen-bond donors (Lipinski definition) is 2. The highest BCUT2D eigenvalue weighted by Gasteiger charge is 2.41. The molecule has 7 nitrogen and oxygen atoms in total. The Labute approximate surface area is 239 Å². The number of rotatable bonds is 11. The highest BCUT2D eigenvalue weighted by Crippen LogP contribution is 2.36. The molecule has 2 atom stereocenters. The van der Waals surface area contributed by atoms with Crippen molar-refractivity contribution in [2.45, 2.75) is 97.1 Å². The van der Waals surface area contributed by atoms with Crippen LogP contribution in [-0.4, -0.2) is 71.2 Å². The monoisotopic (exact) mass is 590 g/mol. The average molecular weight is 591 g/mol. The first-order valence-corrected chi connectivity index (χ1v) is 13.8. The van der Waals surface area contributed by atoms with E-state index in [4.69, 9.17) is 4.74 Å². The van der Waals surface area contributed by atoms with Gasteiger partial charge in [-0.1, -0.05) is 32.6 Å². The molecule has 2 heterocycles. The first kappa shape index (κ1) is 34.3. The smallest absolute Gasteiger partial charge is 0.418 e. The summed E-state index contributed by atoms with van der Waals surface area (Å²) in [6, 6.07) is -0.758. The molecule has 2 rings (SSSR count). The van der Waals surface area contributed by atoms with Crippen molar-refractivity contribution in [1.82, 2.24) is 20.4 Å². The van der Waals surface area contributed by atoms with Gasteiger partial charge < -0.3 is 20.3 Å². The van der Waals surface area contributed by atoms with Gasteiger partial charge in [0.15, 0.2) is 0 Å². The Morgan fingerprint density at radius 2 is 1.93 bits per heavy atom. The van der Waals surface area contributed by atoms with E-state index < -0.39 is 53.9 Å². The summed E-state index contributed by atoms with van der Waals surface area (Å²) >= 11 is 0. The van der Waals surface area contributed by atoms with Crippen molar-refractivity contribution in [2.75, 3.05) is 19.6 Å². The van der Waals surface area contributed by atoms with Crippen molar-refractivity contribution < 1.29 is 36.3 Å². The number of carbonyl (C=O) groups is 2. The summed E-state index contributed by atoms with van der Waals surface area (Å²) in [6.45, 7) is 13.8. The number of nitrogens with zero attached hydrogens (tertiary/aromatic N) is 2. The zero-order chi connectivity index (χ0) is 31.2. The van der Waals surface area contributed by atoms with Crippen LogP contribution in [0.25, 0.3) is 0 Å². The normalized spacial score (nSPS) is 21.3. The van der Waals surface area contributed by atoms with Crippen molar-refractivity contribution in [3.8, 4) is 0 Å². The van der Waals surface area contributed by atoms with Gasteiger partial charge in [0.2, 0.25) is 0 Å². The van der Waals surface area contributed by atoms with Gasteiger partial charge in [-0.2, -0.15) is 13.2 Å². The third-order valence-electron chi connectivity index (χ3n) is 6.61. The van der Waals surface area contributed by atoms with E-state index >= 15 is 0 Å². The van der Waals surface area contributed by atoms with E-state index in [9.17, 15) is 31.5 Å². The summed E-state index contributed by atoms with van der Waals surface area (Å²) in [6.07, 6.45) is -0.425. The van der Waals surface area contributed by atoms with Gasteiger partial charge in [0, 0.05) is 25.2 Å². The fraction of sp³-hybridized carbons (Fsp3) is 0.655. The predicted octanol–water partition coefficient (Wildman–Crippen LogP) is 5.63. The molecule has 1 amide bonds. The Morgan fingerprint density at radius 1 is 1.27 bits per heavy atom. The minimum absolute atomic E-state index is 0.00924. The largest absolute Gasteiger partial charge is 0.460 e. The molecule has 0 saturated carbocycles. The number of alkyl halides is 5. The van der Waals surface area contributed by atoms with Crippen LogP contribution in [-0.2, 0) is 14.3 Å². The molecule has 232 valence electrons. The second-order valence-corrected chi connectivity index (χ2v) is 11.8. The van der Waals surface area contributed by atoms with Crippen molar-refractivity contribution in [1.29, 1.82) is 0 Å². The summed E-state index contributed by atoms with van der Waals surface area (Å²) < 4.78 is 74.8. The van der Waals surface area contributed by atoms with Crippen LogP contribution in [0.3, 0.4) is 0 Å². The van der Waals surface area contributed by atoms with E-state index in [1.54, 1.807) is 39.5 Å². The molecule has 0 aromatic rings. The number of likely N-dealkylation sites (tertiary alicyclic amines) is 1. The minimum Gasteiger partial charge on any atom is -0.460 e. The maximum absolute atomic E-state index is 13.9. The van der Waals surface area contributed by atoms with Gasteiger partial charge in [-0.05, 0) is 59.1 Å². The van der Waals surface area contributed by atoms with Crippen LogP contribution in [0.2, 0.25) is 0 Å². The lowest BCUT2D eigenvalue weighted by Gasteiger charge is -2.33. The second-order valence-electron chi connectivity index (χ2n) is 11.8. The summed E-state index contributed by atoms with van der Waals surface area (Å²) in [7, 11) is 0. The van der Waals surface area contributed by atoms with Crippen LogP contribution in [0.15, 0.2) is 48.0 Å². The summed E-state index contributed by atoms with van der Waals surface area (Å²) in [5.74, 6) is -4.22. The number of amides is 1. The Bertz CT molecular complexity index is 1040. The third kappa shape index (κ3) is 10.5. The zero-order valence-corrected chi connectivity index (χ0v) is 24.7. The SMILES string of the molecule is C=C/C=C(\C(=C/C)C(F)(F)F)N1C=C(C(=O)NC(CCN2CCCC(F)(F)C2)CC(=O)OC(C)(C)C)NC1C(C)C. The lowest BCUT2D eigenvalue weighted by Crippen LogP contribution is -2.47. The van der Waals surface area contributed by atoms with Crippen LogP contribution in [0, 0.1) is 5.92 Å². The quantitative estimate of drug-likeness (QED) is 0.185. The lowest BCUT2D eigenvalue weighted by atomic mass is 10.0. The molecule has 0 radical (unpaired) electrons. The topological polar surface area (TPSA) is 73.9 Å². The molecular weight excluding hydrogens is 547 g/mol. The van der Waals surface area contributed by atoms with E-state index in [0.717, 1.165) is 6.08 Å². The van der Waals surface area contributed by atoms with E-state index in [1.807, 2.05) is 0 Å². The molecule has 0 aromatic carbocycles. The average Bonchev–Trinajstić information content (AvgIpc) is 3.25. The van der Waals surface area contributed by atoms with Crippen molar-refractivity contribution in [2.24, 2.45) is 5.92 Å². The zero-order valence-electron chi connectivity index (χ0n) is 24.7. The fourth-order valence-electron chi connectivity index (χ4n) is 4.85. The van der Waals surface area contributed by atoms with Crippen LogP contribution >= 0.6 is 0 Å². The first-order chi connectivity index (χ1) is 18.9. The van der Waals surface area contributed by atoms with E-state index in [0.29, 0.717) is 13.0 Å². The molecule has 2 N–H and O–H groups in total. The van der Waals surface area contributed by atoms with Gasteiger partial charge in [0.1, 0.15) is 17.5 Å². The van der Waals surface area contributed by atoms with Crippen LogP contribution in [0.1, 0.15) is 67.2 Å². The van der Waals surface area contributed by atoms with Gasteiger partial charge in [-0.25, -0.2) is 8.78 Å². The lowest BCUT2D eigenvalue weighted by molar-refractivity contribution is -0.155. The summed E-state index contributed by atoms with van der Waals surface area (Å²) in [4.78, 5) is 28.9. The fourth-order valence-corrected chi connectivity index (χ4v) is 4.85. The first-order valence-electron chi connectivity index (χ1n) is 13.8. The van der Waals surface area contributed by atoms with Crippen LogP contribution in [0.5, 0.6) is 0 Å². The minimum atomic E-state index is -4.65. The molecule has 41 heavy (non-hydrogen) atoms. The summed E-state index contributed by atoms with van der Waals surface area (Å²) in [5, 5.41) is 5.77. The number of halogens is 5. The van der Waals surface area contributed by atoms with Gasteiger partial charge in [-0.3, -0.25) is 14.5 Å². The highest BCUT2D eigenvalue weighted by molar-refractivity contribution is 5.93. The van der Waals surface area contributed by atoms with E-state index in [1.165, 1.54) is 30.2 Å². The molecule has 0 spiro atoms. The van der Waals surface area contributed by atoms with Gasteiger partial charge in [-0.15, -0.1) is 0 Å².